The van der Waals surface area contributed by atoms with Crippen molar-refractivity contribution in [1.29, 1.82) is 0 Å². The van der Waals surface area contributed by atoms with Crippen LogP contribution in [0.15, 0.2) is 71.6 Å². The molecule has 0 unspecified atom stereocenters. The van der Waals surface area contributed by atoms with Crippen molar-refractivity contribution in [2.45, 2.75) is 17.9 Å². The monoisotopic (exact) mass is 471 g/mol. The zero-order valence-electron chi connectivity index (χ0n) is 16.7. The lowest BCUT2D eigenvalue weighted by Gasteiger charge is -2.28. The molecular formula is C22H18ClN3O5S. The average molecular weight is 472 g/mol. The predicted octanol–water partition coefficient (Wildman–Crippen LogP) is 4.25. The van der Waals surface area contributed by atoms with Gasteiger partial charge < -0.3 is 5.32 Å². The summed E-state index contributed by atoms with van der Waals surface area (Å²) in [7, 11) is -3.63. The van der Waals surface area contributed by atoms with Crippen molar-refractivity contribution in [2.24, 2.45) is 0 Å². The number of nitrogens with zero attached hydrogens (tertiary/aromatic N) is 2. The summed E-state index contributed by atoms with van der Waals surface area (Å²) in [6, 6.07) is 17.2. The lowest BCUT2D eigenvalue weighted by atomic mass is 10.0. The number of nitro benzene ring substituents is 1. The maximum absolute atomic E-state index is 13.0. The third-order valence-electron chi connectivity index (χ3n) is 5.23. The Morgan fingerprint density at radius 2 is 1.78 bits per heavy atom. The molecule has 0 bridgehead atoms. The van der Waals surface area contributed by atoms with E-state index in [0.717, 1.165) is 17.2 Å². The van der Waals surface area contributed by atoms with Crippen LogP contribution in [0, 0.1) is 10.1 Å². The highest BCUT2D eigenvalue weighted by Crippen LogP contribution is 2.28. The number of rotatable bonds is 5. The van der Waals surface area contributed by atoms with Crippen molar-refractivity contribution in [2.75, 3.05) is 11.9 Å². The smallest absolute Gasteiger partial charge is 0.270 e. The molecule has 0 radical (unpaired) electrons. The summed E-state index contributed by atoms with van der Waals surface area (Å²) in [5, 5.41) is 13.5. The van der Waals surface area contributed by atoms with Crippen LogP contribution >= 0.6 is 11.6 Å². The number of amides is 1. The summed E-state index contributed by atoms with van der Waals surface area (Å²) in [6.45, 7) is 0.558. The molecule has 0 saturated heterocycles. The van der Waals surface area contributed by atoms with Crippen molar-refractivity contribution < 1.29 is 18.1 Å². The minimum atomic E-state index is -3.63. The maximum Gasteiger partial charge on any atom is 0.270 e. The normalized spacial score (nSPS) is 13.9. The van der Waals surface area contributed by atoms with Crippen molar-refractivity contribution in [3.63, 3.8) is 0 Å². The number of fused-ring (bicyclic) bond motifs is 1. The number of carbonyl (C=O) groups is 1. The van der Waals surface area contributed by atoms with Crippen LogP contribution in [0.4, 0.5) is 11.4 Å². The molecule has 1 heterocycles. The number of nitrogens with one attached hydrogen (secondary N) is 1. The highest BCUT2D eigenvalue weighted by atomic mass is 35.5. The van der Waals surface area contributed by atoms with Gasteiger partial charge in [0.1, 0.15) is 0 Å². The molecule has 0 aliphatic carbocycles. The maximum atomic E-state index is 13.0. The quantitative estimate of drug-likeness (QED) is 0.442. The van der Waals surface area contributed by atoms with E-state index in [1.807, 2.05) is 6.07 Å². The minimum absolute atomic E-state index is 0.0326. The fraction of sp³-hybridized carbons (Fsp3) is 0.136. The Bertz CT molecular complexity index is 1310. The summed E-state index contributed by atoms with van der Waals surface area (Å²) in [5.41, 5.74) is 2.17. The first-order valence-electron chi connectivity index (χ1n) is 9.68. The Morgan fingerprint density at radius 1 is 1.03 bits per heavy atom. The second-order valence-electron chi connectivity index (χ2n) is 7.26. The van der Waals surface area contributed by atoms with Crippen LogP contribution in [0.2, 0.25) is 5.02 Å². The van der Waals surface area contributed by atoms with Crippen LogP contribution in [0.1, 0.15) is 21.5 Å². The molecule has 164 valence electrons. The summed E-state index contributed by atoms with van der Waals surface area (Å²) in [5.74, 6) is -0.519. The summed E-state index contributed by atoms with van der Waals surface area (Å²) >= 11 is 6.04. The highest BCUT2D eigenvalue weighted by Gasteiger charge is 2.28. The van der Waals surface area contributed by atoms with Crippen LogP contribution in [0.3, 0.4) is 0 Å². The number of carbonyl (C=O) groups excluding carboxylic acids is 1. The molecule has 0 saturated carbocycles. The van der Waals surface area contributed by atoms with E-state index in [2.05, 4.69) is 5.32 Å². The Balaban J connectivity index is 1.54. The first kappa shape index (κ1) is 21.9. The fourth-order valence-corrected chi connectivity index (χ4v) is 5.26. The van der Waals surface area contributed by atoms with E-state index in [0.29, 0.717) is 18.7 Å². The molecule has 3 aromatic carbocycles. The van der Waals surface area contributed by atoms with Gasteiger partial charge in [-0.3, -0.25) is 14.9 Å². The zero-order chi connectivity index (χ0) is 22.9. The van der Waals surface area contributed by atoms with Gasteiger partial charge in [0.2, 0.25) is 10.0 Å². The van der Waals surface area contributed by atoms with Crippen LogP contribution in [0.25, 0.3) is 0 Å². The third kappa shape index (κ3) is 4.36. The number of hydrogen-bond donors (Lipinski definition) is 1. The SMILES string of the molecule is O=C(Nc1ccc2c(c1)CN(S(=O)(=O)c1ccccc1)CC2)c1ccc([N+](=O)[O-])cc1Cl. The second kappa shape index (κ2) is 8.70. The molecule has 1 amide bonds. The van der Waals surface area contributed by atoms with Crippen molar-refractivity contribution in [3.05, 3.63) is 98.6 Å². The molecule has 1 aliphatic heterocycles. The van der Waals surface area contributed by atoms with Gasteiger partial charge in [0.15, 0.2) is 0 Å². The number of sulfonamides is 1. The molecule has 0 atom stereocenters. The third-order valence-corrected chi connectivity index (χ3v) is 7.40. The van der Waals surface area contributed by atoms with Gasteiger partial charge in [-0.15, -0.1) is 0 Å². The number of halogens is 1. The lowest BCUT2D eigenvalue weighted by Crippen LogP contribution is -2.36. The molecule has 1 N–H and O–H groups in total. The predicted molar refractivity (Wildman–Crippen MR) is 120 cm³/mol. The molecule has 8 nitrogen and oxygen atoms in total. The number of benzene rings is 3. The molecule has 32 heavy (non-hydrogen) atoms. The molecule has 3 aromatic rings. The van der Waals surface area contributed by atoms with Crippen molar-refractivity contribution in [3.8, 4) is 0 Å². The van der Waals surface area contributed by atoms with Crippen LogP contribution in [0.5, 0.6) is 0 Å². The Kier molecular flexibility index (Phi) is 5.96. The Morgan fingerprint density at radius 3 is 2.47 bits per heavy atom. The first-order chi connectivity index (χ1) is 15.3. The Labute approximate surface area is 189 Å². The number of hydrogen-bond acceptors (Lipinski definition) is 5. The lowest BCUT2D eigenvalue weighted by molar-refractivity contribution is -0.384. The first-order valence-corrected chi connectivity index (χ1v) is 11.5. The summed E-state index contributed by atoms with van der Waals surface area (Å²) in [6.07, 6.45) is 0.559. The molecular weight excluding hydrogens is 454 g/mol. The van der Waals surface area contributed by atoms with E-state index in [-0.39, 0.29) is 27.7 Å². The second-order valence-corrected chi connectivity index (χ2v) is 9.61. The van der Waals surface area contributed by atoms with Crippen molar-refractivity contribution in [1.82, 2.24) is 4.31 Å². The highest BCUT2D eigenvalue weighted by molar-refractivity contribution is 7.89. The van der Waals surface area contributed by atoms with Gasteiger partial charge in [0, 0.05) is 30.9 Å². The van der Waals surface area contributed by atoms with E-state index >= 15 is 0 Å². The van der Waals surface area contributed by atoms with Gasteiger partial charge in [-0.2, -0.15) is 4.31 Å². The Hall–Kier alpha value is -3.27. The molecule has 4 rings (SSSR count). The van der Waals surface area contributed by atoms with E-state index < -0.39 is 20.9 Å². The number of non-ortho nitro benzene ring substituents is 1. The largest absolute Gasteiger partial charge is 0.322 e. The summed E-state index contributed by atoms with van der Waals surface area (Å²) < 4.78 is 27.3. The van der Waals surface area contributed by atoms with E-state index in [1.165, 1.54) is 16.4 Å². The van der Waals surface area contributed by atoms with E-state index in [1.54, 1.807) is 42.5 Å². The van der Waals surface area contributed by atoms with Crippen LogP contribution in [-0.4, -0.2) is 30.1 Å². The molecule has 0 aromatic heterocycles. The fourth-order valence-electron chi connectivity index (χ4n) is 3.56. The minimum Gasteiger partial charge on any atom is -0.322 e. The topological polar surface area (TPSA) is 110 Å². The zero-order valence-corrected chi connectivity index (χ0v) is 18.3. The van der Waals surface area contributed by atoms with Crippen LogP contribution in [-0.2, 0) is 23.0 Å². The molecule has 0 spiro atoms. The average Bonchev–Trinajstić information content (AvgIpc) is 2.79. The van der Waals surface area contributed by atoms with Gasteiger partial charge in [-0.1, -0.05) is 35.9 Å². The van der Waals surface area contributed by atoms with Crippen molar-refractivity contribution >= 4 is 38.9 Å². The number of anilines is 1. The molecule has 1 aliphatic rings. The summed E-state index contributed by atoms with van der Waals surface area (Å²) in [4.78, 5) is 23.1. The van der Waals surface area contributed by atoms with Gasteiger partial charge in [0.25, 0.3) is 11.6 Å². The van der Waals surface area contributed by atoms with Gasteiger partial charge in [-0.05, 0) is 47.9 Å². The van der Waals surface area contributed by atoms with Gasteiger partial charge >= 0.3 is 0 Å². The van der Waals surface area contributed by atoms with E-state index in [9.17, 15) is 23.3 Å². The van der Waals surface area contributed by atoms with E-state index in [4.69, 9.17) is 11.6 Å². The van der Waals surface area contributed by atoms with Gasteiger partial charge in [0.05, 0.1) is 20.4 Å². The molecule has 10 heteroatoms. The van der Waals surface area contributed by atoms with Gasteiger partial charge in [-0.25, -0.2) is 8.42 Å². The molecule has 0 fully saturated rings. The standard InChI is InChI=1S/C22H18ClN3O5S/c23-21-13-18(26(28)29)8-9-20(21)22(27)24-17-7-6-15-10-11-25(14-16(15)12-17)32(30,31)19-4-2-1-3-5-19/h1-9,12-13H,10-11,14H2,(H,24,27). The van der Waals surface area contributed by atoms with Crippen LogP contribution < -0.4 is 5.32 Å². The number of nitro groups is 1.